The van der Waals surface area contributed by atoms with Crippen LogP contribution < -0.4 is 0 Å². The van der Waals surface area contributed by atoms with Crippen molar-refractivity contribution in [2.24, 2.45) is 0 Å². The van der Waals surface area contributed by atoms with Gasteiger partial charge in [0.15, 0.2) is 6.10 Å². The Balaban J connectivity index is 4.40. The number of allylic oxidation sites excluding steroid dienone is 12. The van der Waals surface area contributed by atoms with E-state index in [1.165, 1.54) is 103 Å². The van der Waals surface area contributed by atoms with Gasteiger partial charge in [0.2, 0.25) is 0 Å². The van der Waals surface area contributed by atoms with Crippen molar-refractivity contribution in [1.82, 2.24) is 0 Å². The Hall–Kier alpha value is -3.15. The third-order valence-electron chi connectivity index (χ3n) is 11.2. The molecule has 6 heteroatoms. The van der Waals surface area contributed by atoms with Crippen LogP contribution in [0.4, 0.5) is 0 Å². The highest BCUT2D eigenvalue weighted by Crippen LogP contribution is 2.14. The SMILES string of the molecule is CCCC/C=C\CCCCCCCC(=O)OCC(COC(=O)CCCCCCCC/C=C\C/C=C\C/C=C\CCCCC)OC(=O)CCCCCCC/C=C\C/C=C\CCCCC. The lowest BCUT2D eigenvalue weighted by molar-refractivity contribution is -0.167. The van der Waals surface area contributed by atoms with Crippen molar-refractivity contribution in [3.05, 3.63) is 72.9 Å². The van der Waals surface area contributed by atoms with Gasteiger partial charge in [-0.3, -0.25) is 14.4 Å². The zero-order chi connectivity index (χ0) is 45.8. The van der Waals surface area contributed by atoms with E-state index >= 15 is 0 Å². The molecule has 0 saturated carbocycles. The summed E-state index contributed by atoms with van der Waals surface area (Å²) in [6.45, 7) is 6.52. The van der Waals surface area contributed by atoms with Crippen LogP contribution in [0.25, 0.3) is 0 Å². The first-order valence-corrected chi connectivity index (χ1v) is 26.4. The van der Waals surface area contributed by atoms with Crippen LogP contribution >= 0.6 is 0 Å². The van der Waals surface area contributed by atoms with E-state index in [1.807, 2.05) is 0 Å². The summed E-state index contributed by atoms with van der Waals surface area (Å²) < 4.78 is 16.8. The van der Waals surface area contributed by atoms with Gasteiger partial charge in [0.1, 0.15) is 13.2 Å². The fourth-order valence-electron chi connectivity index (χ4n) is 7.11. The Bertz CT molecular complexity index is 1190. The summed E-state index contributed by atoms with van der Waals surface area (Å²) in [6.07, 6.45) is 64.5. The first-order valence-electron chi connectivity index (χ1n) is 26.4. The van der Waals surface area contributed by atoms with Gasteiger partial charge < -0.3 is 14.2 Å². The molecule has 0 aliphatic rings. The monoisotopic (exact) mass is 879 g/mol. The van der Waals surface area contributed by atoms with Gasteiger partial charge in [-0.25, -0.2) is 0 Å². The third kappa shape index (κ3) is 49.7. The molecule has 6 nitrogen and oxygen atoms in total. The molecule has 1 atom stereocenters. The summed E-state index contributed by atoms with van der Waals surface area (Å²) in [4.78, 5) is 38.0. The van der Waals surface area contributed by atoms with E-state index in [0.29, 0.717) is 19.3 Å². The van der Waals surface area contributed by atoms with Crippen molar-refractivity contribution in [3.63, 3.8) is 0 Å². The Kier molecular flexibility index (Phi) is 48.9. The predicted molar refractivity (Wildman–Crippen MR) is 270 cm³/mol. The molecular formula is C57H98O6. The zero-order valence-corrected chi connectivity index (χ0v) is 41.3. The van der Waals surface area contributed by atoms with E-state index in [4.69, 9.17) is 14.2 Å². The van der Waals surface area contributed by atoms with Gasteiger partial charge >= 0.3 is 17.9 Å². The van der Waals surface area contributed by atoms with Gasteiger partial charge in [-0.2, -0.15) is 0 Å². The third-order valence-corrected chi connectivity index (χ3v) is 11.2. The lowest BCUT2D eigenvalue weighted by Gasteiger charge is -2.18. The minimum Gasteiger partial charge on any atom is -0.462 e. The molecule has 1 unspecified atom stereocenters. The molecule has 0 aromatic heterocycles. The van der Waals surface area contributed by atoms with Crippen molar-refractivity contribution >= 4 is 17.9 Å². The second-order valence-corrected chi connectivity index (χ2v) is 17.4. The van der Waals surface area contributed by atoms with Crippen molar-refractivity contribution in [1.29, 1.82) is 0 Å². The molecule has 63 heavy (non-hydrogen) atoms. The van der Waals surface area contributed by atoms with Gasteiger partial charge in [-0.05, 0) is 109 Å². The molecule has 362 valence electrons. The van der Waals surface area contributed by atoms with Crippen molar-refractivity contribution in [3.8, 4) is 0 Å². The van der Waals surface area contributed by atoms with Gasteiger partial charge in [0, 0.05) is 19.3 Å². The van der Waals surface area contributed by atoms with E-state index in [2.05, 4.69) is 93.7 Å². The minimum atomic E-state index is -0.791. The van der Waals surface area contributed by atoms with Gasteiger partial charge in [0.05, 0.1) is 0 Å². The van der Waals surface area contributed by atoms with Crippen LogP contribution in [-0.4, -0.2) is 37.2 Å². The molecule has 0 spiro atoms. The summed E-state index contributed by atoms with van der Waals surface area (Å²) in [5.74, 6) is -0.924. The maximum absolute atomic E-state index is 12.8. The number of ether oxygens (including phenoxy) is 3. The molecule has 0 rings (SSSR count). The van der Waals surface area contributed by atoms with Crippen molar-refractivity contribution in [2.45, 2.75) is 258 Å². The highest BCUT2D eigenvalue weighted by atomic mass is 16.6. The second-order valence-electron chi connectivity index (χ2n) is 17.4. The molecule has 0 aromatic carbocycles. The average molecular weight is 879 g/mol. The fourth-order valence-corrected chi connectivity index (χ4v) is 7.11. The number of unbranched alkanes of at least 4 members (excludes halogenated alkanes) is 24. The molecule has 0 aliphatic carbocycles. The van der Waals surface area contributed by atoms with E-state index in [-0.39, 0.29) is 31.1 Å². The van der Waals surface area contributed by atoms with E-state index in [9.17, 15) is 14.4 Å². The van der Waals surface area contributed by atoms with Crippen LogP contribution in [0.2, 0.25) is 0 Å². The lowest BCUT2D eigenvalue weighted by atomic mass is 10.1. The molecular weight excluding hydrogens is 781 g/mol. The van der Waals surface area contributed by atoms with Gasteiger partial charge in [-0.1, -0.05) is 196 Å². The summed E-state index contributed by atoms with van der Waals surface area (Å²) >= 11 is 0. The number of esters is 3. The Morgan fingerprint density at radius 1 is 0.317 bits per heavy atom. The number of carbonyl (C=O) groups excluding carboxylic acids is 3. The van der Waals surface area contributed by atoms with Crippen molar-refractivity contribution < 1.29 is 28.6 Å². The molecule has 0 saturated heterocycles. The summed E-state index contributed by atoms with van der Waals surface area (Å²) in [5.41, 5.74) is 0. The minimum absolute atomic E-state index is 0.0902. The first-order chi connectivity index (χ1) is 31.0. The number of carbonyl (C=O) groups is 3. The van der Waals surface area contributed by atoms with Crippen molar-refractivity contribution in [2.75, 3.05) is 13.2 Å². The van der Waals surface area contributed by atoms with Crippen LogP contribution in [0.15, 0.2) is 72.9 Å². The van der Waals surface area contributed by atoms with Gasteiger partial charge in [-0.15, -0.1) is 0 Å². The highest BCUT2D eigenvalue weighted by molar-refractivity contribution is 5.71. The Morgan fingerprint density at radius 3 is 0.952 bits per heavy atom. The van der Waals surface area contributed by atoms with E-state index < -0.39 is 6.10 Å². The first kappa shape index (κ1) is 59.9. The second kappa shape index (κ2) is 51.5. The molecule has 0 fully saturated rings. The molecule has 0 aromatic rings. The molecule has 0 radical (unpaired) electrons. The molecule has 0 heterocycles. The maximum atomic E-state index is 12.8. The quantitative estimate of drug-likeness (QED) is 0.0262. The summed E-state index contributed by atoms with van der Waals surface area (Å²) in [6, 6.07) is 0. The summed E-state index contributed by atoms with van der Waals surface area (Å²) in [7, 11) is 0. The zero-order valence-electron chi connectivity index (χ0n) is 41.3. The standard InChI is InChI=1S/C57H98O6/c1-4-7-10-13-16-19-22-24-26-27-28-29-31-32-35-38-41-44-47-50-56(59)62-53-54(52-61-55(58)49-46-43-40-37-34-21-18-15-12-9-6-3)63-57(60)51-48-45-42-39-36-33-30-25-23-20-17-14-11-8-5-2/h15-20,24-26,28-30,54H,4-14,21-23,27,31-53H2,1-3H3/b18-15-,19-16-,20-17-,26-24-,29-28-,30-25-. The fraction of sp³-hybridized carbons (Fsp3) is 0.737. The van der Waals surface area contributed by atoms with Crippen LogP contribution in [0.1, 0.15) is 252 Å². The lowest BCUT2D eigenvalue weighted by Crippen LogP contribution is -2.30. The van der Waals surface area contributed by atoms with E-state index in [1.54, 1.807) is 0 Å². The Labute approximate surface area is 389 Å². The predicted octanol–water partition coefficient (Wildman–Crippen LogP) is 17.4. The number of hydrogen-bond acceptors (Lipinski definition) is 6. The van der Waals surface area contributed by atoms with Crippen LogP contribution in [0.5, 0.6) is 0 Å². The van der Waals surface area contributed by atoms with E-state index in [0.717, 1.165) is 109 Å². The van der Waals surface area contributed by atoms with Crippen LogP contribution in [-0.2, 0) is 28.6 Å². The average Bonchev–Trinajstić information content (AvgIpc) is 3.28. The number of rotatable bonds is 47. The Morgan fingerprint density at radius 2 is 0.587 bits per heavy atom. The highest BCUT2D eigenvalue weighted by Gasteiger charge is 2.19. The molecule has 0 bridgehead atoms. The number of hydrogen-bond donors (Lipinski definition) is 0. The topological polar surface area (TPSA) is 78.9 Å². The van der Waals surface area contributed by atoms with Crippen LogP contribution in [0, 0.1) is 0 Å². The van der Waals surface area contributed by atoms with Gasteiger partial charge in [0.25, 0.3) is 0 Å². The normalized spacial score (nSPS) is 12.6. The largest absolute Gasteiger partial charge is 0.462 e. The molecule has 0 amide bonds. The molecule has 0 aliphatic heterocycles. The van der Waals surface area contributed by atoms with Crippen LogP contribution in [0.3, 0.4) is 0 Å². The summed E-state index contributed by atoms with van der Waals surface area (Å²) in [5, 5.41) is 0. The maximum Gasteiger partial charge on any atom is 0.306 e. The molecule has 0 N–H and O–H groups in total. The smallest absolute Gasteiger partial charge is 0.306 e.